The van der Waals surface area contributed by atoms with Gasteiger partial charge in [-0.05, 0) is 25.5 Å². The minimum atomic E-state index is -3.76. The Morgan fingerprint density at radius 3 is 1.97 bits per heavy atom. The molecule has 31 heavy (non-hydrogen) atoms. The van der Waals surface area contributed by atoms with E-state index in [4.69, 9.17) is 18.4 Å². The van der Waals surface area contributed by atoms with Gasteiger partial charge in [0.15, 0.2) is 0 Å². The van der Waals surface area contributed by atoms with Gasteiger partial charge in [-0.3, -0.25) is 8.98 Å². The van der Waals surface area contributed by atoms with E-state index in [9.17, 15) is 13.2 Å². The first kappa shape index (κ1) is 27.6. The van der Waals surface area contributed by atoms with Crippen molar-refractivity contribution in [3.05, 3.63) is 29.8 Å². The molecule has 0 radical (unpaired) electrons. The molecule has 0 bridgehead atoms. The number of carbonyl (C=O) groups is 1. The maximum absolute atomic E-state index is 12.0. The molecule has 0 unspecified atom stereocenters. The normalized spacial score (nSPS) is 11.5. The van der Waals surface area contributed by atoms with E-state index in [2.05, 4.69) is 6.92 Å². The van der Waals surface area contributed by atoms with Crippen molar-refractivity contribution in [3.63, 3.8) is 0 Å². The first-order valence-electron chi connectivity index (χ1n) is 11.2. The molecule has 0 fully saturated rings. The van der Waals surface area contributed by atoms with Gasteiger partial charge in [0.25, 0.3) is 10.1 Å². The molecule has 0 aliphatic carbocycles. The summed E-state index contributed by atoms with van der Waals surface area (Å²) >= 11 is 0. The molecule has 0 N–H and O–H groups in total. The SMILES string of the molecule is CCCCCCCCCC(=O)OCCOCCOCCOS(=O)(=O)c1ccc(C)cc1. The van der Waals surface area contributed by atoms with Crippen LogP contribution in [0.1, 0.15) is 63.9 Å². The third-order valence-electron chi connectivity index (χ3n) is 4.62. The molecular formula is C23H38O7S. The average Bonchev–Trinajstić information content (AvgIpc) is 2.74. The summed E-state index contributed by atoms with van der Waals surface area (Å²) in [4.78, 5) is 11.7. The molecule has 0 heterocycles. The molecule has 7 nitrogen and oxygen atoms in total. The molecule has 0 atom stereocenters. The van der Waals surface area contributed by atoms with Crippen LogP contribution in [-0.2, 0) is 33.3 Å². The van der Waals surface area contributed by atoms with E-state index < -0.39 is 10.1 Å². The molecule has 0 saturated heterocycles. The van der Waals surface area contributed by atoms with Crippen molar-refractivity contribution in [3.8, 4) is 0 Å². The van der Waals surface area contributed by atoms with Crippen molar-refractivity contribution >= 4 is 16.1 Å². The second-order valence-electron chi connectivity index (χ2n) is 7.41. The highest BCUT2D eigenvalue weighted by Gasteiger charge is 2.14. The van der Waals surface area contributed by atoms with Gasteiger partial charge in [-0.15, -0.1) is 0 Å². The Labute approximate surface area is 187 Å². The van der Waals surface area contributed by atoms with Gasteiger partial charge in [-0.1, -0.05) is 63.1 Å². The number of carbonyl (C=O) groups excluding carboxylic acids is 1. The van der Waals surface area contributed by atoms with Crippen molar-refractivity contribution in [2.45, 2.75) is 70.1 Å². The smallest absolute Gasteiger partial charge is 0.305 e. The van der Waals surface area contributed by atoms with Crippen LogP contribution in [0.2, 0.25) is 0 Å². The topological polar surface area (TPSA) is 88.1 Å². The van der Waals surface area contributed by atoms with Gasteiger partial charge in [-0.25, -0.2) is 0 Å². The molecule has 0 aliphatic heterocycles. The fourth-order valence-corrected chi connectivity index (χ4v) is 3.70. The zero-order valence-corrected chi connectivity index (χ0v) is 19.8. The second kappa shape index (κ2) is 17.1. The van der Waals surface area contributed by atoms with Crippen LogP contribution in [0.5, 0.6) is 0 Å². The maximum Gasteiger partial charge on any atom is 0.305 e. The molecule has 178 valence electrons. The average molecular weight is 459 g/mol. The highest BCUT2D eigenvalue weighted by atomic mass is 32.2. The van der Waals surface area contributed by atoms with Crippen LogP contribution in [0.25, 0.3) is 0 Å². The fourth-order valence-electron chi connectivity index (χ4n) is 2.81. The fraction of sp³-hybridized carbons (Fsp3) is 0.696. The number of aryl methyl sites for hydroxylation is 1. The molecule has 1 aromatic carbocycles. The van der Waals surface area contributed by atoms with Crippen molar-refractivity contribution in [2.75, 3.05) is 39.6 Å². The van der Waals surface area contributed by atoms with E-state index in [0.29, 0.717) is 26.2 Å². The Bertz CT molecular complexity index is 686. The summed E-state index contributed by atoms with van der Waals surface area (Å²) in [6.45, 7) is 5.34. The number of ether oxygens (including phenoxy) is 3. The predicted molar refractivity (Wildman–Crippen MR) is 120 cm³/mol. The Morgan fingerprint density at radius 1 is 0.774 bits per heavy atom. The molecule has 0 spiro atoms. The standard InChI is InChI=1S/C23H38O7S/c1-3-4-5-6-7-8-9-10-23(24)29-19-17-27-15-16-28-18-20-30-31(25,26)22-13-11-21(2)12-14-22/h11-14H,3-10,15-20H2,1-2H3. The van der Waals surface area contributed by atoms with Crippen molar-refractivity contribution < 1.29 is 31.6 Å². The first-order valence-corrected chi connectivity index (χ1v) is 12.6. The van der Waals surface area contributed by atoms with Crippen LogP contribution >= 0.6 is 0 Å². The van der Waals surface area contributed by atoms with E-state index >= 15 is 0 Å². The Morgan fingerprint density at radius 2 is 1.32 bits per heavy atom. The van der Waals surface area contributed by atoms with Crippen LogP contribution in [0.4, 0.5) is 0 Å². The van der Waals surface area contributed by atoms with Crippen LogP contribution in [0.15, 0.2) is 29.2 Å². The van der Waals surface area contributed by atoms with Gasteiger partial charge in [-0.2, -0.15) is 8.42 Å². The first-order chi connectivity index (χ1) is 15.0. The Kier molecular flexibility index (Phi) is 15.2. The summed E-state index contributed by atoms with van der Waals surface area (Å²) in [5.74, 6) is -0.180. The molecule has 1 rings (SSSR count). The molecule has 0 aromatic heterocycles. The lowest BCUT2D eigenvalue weighted by atomic mass is 10.1. The number of benzene rings is 1. The summed E-state index contributed by atoms with van der Waals surface area (Å²) in [5, 5.41) is 0. The largest absolute Gasteiger partial charge is 0.463 e. The van der Waals surface area contributed by atoms with Gasteiger partial charge in [0.2, 0.25) is 0 Å². The number of hydrogen-bond acceptors (Lipinski definition) is 7. The van der Waals surface area contributed by atoms with Crippen LogP contribution in [-0.4, -0.2) is 54.0 Å². The van der Waals surface area contributed by atoms with E-state index in [1.165, 1.54) is 44.2 Å². The molecule has 0 saturated carbocycles. The van der Waals surface area contributed by atoms with Crippen molar-refractivity contribution in [1.82, 2.24) is 0 Å². The monoisotopic (exact) mass is 458 g/mol. The molecular weight excluding hydrogens is 420 g/mol. The summed E-state index contributed by atoms with van der Waals surface area (Å²) in [7, 11) is -3.76. The van der Waals surface area contributed by atoms with E-state index in [1.807, 2.05) is 6.92 Å². The maximum atomic E-state index is 12.0. The zero-order chi connectivity index (χ0) is 22.8. The van der Waals surface area contributed by atoms with Crippen LogP contribution in [0.3, 0.4) is 0 Å². The Hall–Kier alpha value is -1.48. The molecule has 0 aliphatic rings. The van der Waals surface area contributed by atoms with Gasteiger partial charge in [0, 0.05) is 6.42 Å². The molecule has 0 amide bonds. The number of hydrogen-bond donors (Lipinski definition) is 0. The van der Waals surface area contributed by atoms with E-state index in [0.717, 1.165) is 18.4 Å². The number of esters is 1. The van der Waals surface area contributed by atoms with E-state index in [-0.39, 0.29) is 30.7 Å². The minimum Gasteiger partial charge on any atom is -0.463 e. The molecule has 8 heteroatoms. The summed E-state index contributed by atoms with van der Waals surface area (Å²) < 4.78 is 44.7. The number of unbranched alkanes of at least 4 members (excludes halogenated alkanes) is 6. The third kappa shape index (κ3) is 14.2. The summed E-state index contributed by atoms with van der Waals surface area (Å²) in [6, 6.07) is 6.47. The van der Waals surface area contributed by atoms with Crippen molar-refractivity contribution in [2.24, 2.45) is 0 Å². The highest BCUT2D eigenvalue weighted by molar-refractivity contribution is 7.86. The van der Waals surface area contributed by atoms with Crippen LogP contribution in [0, 0.1) is 6.92 Å². The number of rotatable bonds is 19. The van der Waals surface area contributed by atoms with E-state index in [1.54, 1.807) is 12.1 Å². The van der Waals surface area contributed by atoms with Crippen molar-refractivity contribution in [1.29, 1.82) is 0 Å². The quantitative estimate of drug-likeness (QED) is 0.172. The van der Waals surface area contributed by atoms with Gasteiger partial charge >= 0.3 is 5.97 Å². The lowest BCUT2D eigenvalue weighted by Crippen LogP contribution is -2.15. The highest BCUT2D eigenvalue weighted by Crippen LogP contribution is 2.13. The zero-order valence-electron chi connectivity index (χ0n) is 19.0. The summed E-state index contributed by atoms with van der Waals surface area (Å²) in [6.07, 6.45) is 8.64. The van der Waals surface area contributed by atoms with Gasteiger partial charge in [0.1, 0.15) is 6.61 Å². The predicted octanol–water partition coefficient (Wildman–Crippen LogP) is 4.42. The summed E-state index contributed by atoms with van der Waals surface area (Å²) in [5.41, 5.74) is 0.977. The lowest BCUT2D eigenvalue weighted by Gasteiger charge is -2.08. The lowest BCUT2D eigenvalue weighted by molar-refractivity contribution is -0.145. The second-order valence-corrected chi connectivity index (χ2v) is 9.02. The van der Waals surface area contributed by atoms with Gasteiger partial charge in [0.05, 0.1) is 37.9 Å². The Balaban J connectivity index is 1.91. The van der Waals surface area contributed by atoms with Gasteiger partial charge < -0.3 is 14.2 Å². The minimum absolute atomic E-state index is 0.0631. The third-order valence-corrected chi connectivity index (χ3v) is 5.95. The van der Waals surface area contributed by atoms with Crippen LogP contribution < -0.4 is 0 Å². The molecule has 1 aromatic rings.